The molecule has 11 heavy (non-hydrogen) atoms. The Morgan fingerprint density at radius 2 is 0.909 bits per heavy atom. The summed E-state index contributed by atoms with van der Waals surface area (Å²) in [6.07, 6.45) is 0. The molecule has 0 unspecified atom stereocenters. The molecule has 6 nitrogen and oxygen atoms in total. The molecule has 0 saturated carbocycles. The van der Waals surface area contributed by atoms with E-state index in [1.54, 1.807) is 0 Å². The molecule has 56 valence electrons. The third-order valence-corrected chi connectivity index (χ3v) is 0. The van der Waals surface area contributed by atoms with Gasteiger partial charge in [-0.25, -0.2) is 0 Å². The van der Waals surface area contributed by atoms with Gasteiger partial charge >= 0.3 is 58.0 Å². The van der Waals surface area contributed by atoms with Crippen molar-refractivity contribution in [2.24, 2.45) is 0 Å². The van der Waals surface area contributed by atoms with Gasteiger partial charge < -0.3 is 28.1 Å². The van der Waals surface area contributed by atoms with Gasteiger partial charge in [0.2, 0.25) is 0 Å². The summed E-state index contributed by atoms with van der Waals surface area (Å²) >= 11 is 0.917. The summed E-state index contributed by atoms with van der Waals surface area (Å²) in [5.41, 5.74) is 0. The van der Waals surface area contributed by atoms with Gasteiger partial charge in [0.25, 0.3) is 0 Å². The normalized spacial score (nSPS) is 5.00. The molecule has 0 aliphatic carbocycles. The number of halogens is 1. The number of hydrogen-bond donors (Lipinski definition) is 0. The minimum atomic E-state index is -3.63. The van der Waals surface area contributed by atoms with Gasteiger partial charge in [-0.15, -0.1) is 0 Å². The molecule has 0 spiro atoms. The van der Waals surface area contributed by atoms with E-state index < -0.39 is 18.3 Å². The summed E-state index contributed by atoms with van der Waals surface area (Å²) in [4.78, 5) is 34.1. The molecule has 0 aliphatic heterocycles. The zero-order valence-electron chi connectivity index (χ0n) is 5.11. The first-order valence-electron chi connectivity index (χ1n) is 1.44. The van der Waals surface area contributed by atoms with Crippen LogP contribution in [0.15, 0.2) is 0 Å². The number of rotatable bonds is 0. The second kappa shape index (κ2) is 22.4. The van der Waals surface area contributed by atoms with Crippen LogP contribution < -0.4 is 19.2 Å². The van der Waals surface area contributed by atoms with Crippen molar-refractivity contribution >= 4 is 72.8 Å². The molecule has 0 N–H and O–H groups in total. The van der Waals surface area contributed by atoms with Crippen LogP contribution in [0, 0.1) is 0 Å². The monoisotopic (exact) mass is 238 g/mol. The van der Waals surface area contributed by atoms with Crippen LogP contribution in [0.25, 0.3) is 0 Å². The summed E-state index contributed by atoms with van der Waals surface area (Å²) in [5.74, 6) is 0. The molecule has 0 bridgehead atoms. The van der Waals surface area contributed by atoms with Crippen molar-refractivity contribution in [1.82, 2.24) is 0 Å². The molecule has 0 aromatic carbocycles. The van der Waals surface area contributed by atoms with Crippen LogP contribution in [0.2, 0.25) is 0 Å². The third-order valence-electron chi connectivity index (χ3n) is 0. The molecule has 0 amide bonds. The van der Waals surface area contributed by atoms with Gasteiger partial charge in [-0.3, -0.25) is 0 Å². The maximum atomic E-state index is 9.42. The molecular formula is AlCaFO6Si2. The van der Waals surface area contributed by atoms with Crippen LogP contribution in [0.3, 0.4) is 0 Å². The van der Waals surface area contributed by atoms with E-state index in [1.807, 2.05) is 0 Å². The molecule has 0 heterocycles. The Morgan fingerprint density at radius 1 is 0.909 bits per heavy atom. The molecule has 0 saturated heterocycles. The molecule has 11 heteroatoms. The van der Waals surface area contributed by atoms with Crippen LogP contribution in [-0.4, -0.2) is 72.8 Å². The molecule has 0 aliphatic rings. The molecule has 0 aromatic heterocycles. The molecule has 0 radical (unpaired) electrons. The molecule has 0 atom stereocenters. The SMILES string of the molecule is O=[Si]([O-])[O-].O=[Si]([O-])[O-].[Ca+2].[F][Al+2]. The van der Waals surface area contributed by atoms with E-state index in [4.69, 9.17) is 28.1 Å². The van der Waals surface area contributed by atoms with Crippen molar-refractivity contribution in [3.63, 3.8) is 0 Å². The van der Waals surface area contributed by atoms with Crippen molar-refractivity contribution in [1.29, 1.82) is 0 Å². The Kier molecular flexibility index (Phi) is 46.3. The van der Waals surface area contributed by atoms with E-state index in [9.17, 15) is 3.52 Å². The summed E-state index contributed by atoms with van der Waals surface area (Å²) in [7, 11) is -7.26. The van der Waals surface area contributed by atoms with Crippen molar-refractivity contribution in [2.45, 2.75) is 0 Å². The van der Waals surface area contributed by atoms with E-state index in [2.05, 4.69) is 0 Å². The second-order valence-corrected chi connectivity index (χ2v) is 1.50. The Bertz CT molecular complexity index is 78.6. The van der Waals surface area contributed by atoms with Crippen molar-refractivity contribution in [3.8, 4) is 0 Å². The standard InChI is InChI=1S/Al.Ca.FH.2O3Si/c;;;2*1-4(2)3/h;;1H;;/q+3;+2;;2*-2/p-1. The minimum absolute atomic E-state index is 0. The fourth-order valence-electron chi connectivity index (χ4n) is 0. The first kappa shape index (κ1) is 22.7. The van der Waals surface area contributed by atoms with Gasteiger partial charge in [-0.1, -0.05) is 0 Å². The Labute approximate surface area is 103 Å². The van der Waals surface area contributed by atoms with Gasteiger partial charge in [-0.2, -0.15) is 0 Å². The Hall–Kier alpha value is 0.956. The van der Waals surface area contributed by atoms with E-state index in [0.29, 0.717) is 0 Å². The zero-order valence-corrected chi connectivity index (χ0v) is 10.5. The summed E-state index contributed by atoms with van der Waals surface area (Å²) < 4.78 is 26.5. The van der Waals surface area contributed by atoms with Gasteiger partial charge in [0.15, 0.2) is 0 Å². The molecule has 0 fully saturated rings. The van der Waals surface area contributed by atoms with Crippen LogP contribution in [-0.2, 0) is 8.92 Å². The third kappa shape index (κ3) is 962. The second-order valence-electron chi connectivity index (χ2n) is 0.500. The Balaban J connectivity index is -0.0000000339. The van der Waals surface area contributed by atoms with Crippen LogP contribution >= 0.6 is 0 Å². The van der Waals surface area contributed by atoms with Crippen LogP contribution in [0.5, 0.6) is 0 Å². The quantitative estimate of drug-likeness (QED) is 0.386. The average molecular weight is 238 g/mol. The molecule has 0 rings (SSSR count). The predicted molar refractivity (Wildman–Crippen MR) is 25.5 cm³/mol. The fraction of sp³-hybridized carbons (Fsp3) is 0. The first-order valence-corrected chi connectivity index (χ1v) is 4.33. The van der Waals surface area contributed by atoms with Gasteiger partial charge in [0.05, 0.1) is 0 Å². The van der Waals surface area contributed by atoms with E-state index >= 15 is 0 Å². The summed E-state index contributed by atoms with van der Waals surface area (Å²) in [6.45, 7) is 0. The summed E-state index contributed by atoms with van der Waals surface area (Å²) in [5, 5.41) is 0. The van der Waals surface area contributed by atoms with Crippen LogP contribution in [0.4, 0.5) is 3.52 Å². The Morgan fingerprint density at radius 3 is 0.909 bits per heavy atom. The average Bonchev–Trinajstić information content (AvgIpc) is 1.66. The van der Waals surface area contributed by atoms with Gasteiger partial charge in [0.1, 0.15) is 0 Å². The zero-order chi connectivity index (χ0) is 9.15. The summed E-state index contributed by atoms with van der Waals surface area (Å²) in [6, 6.07) is 0. The predicted octanol–water partition coefficient (Wildman–Crippen LogP) is -6.10. The van der Waals surface area contributed by atoms with E-state index in [1.165, 1.54) is 0 Å². The van der Waals surface area contributed by atoms with Crippen molar-refractivity contribution < 1.29 is 31.6 Å². The fourth-order valence-corrected chi connectivity index (χ4v) is 0. The van der Waals surface area contributed by atoms with Gasteiger partial charge in [-0.05, 0) is 0 Å². The maximum absolute atomic E-state index is 9.42. The van der Waals surface area contributed by atoms with Gasteiger partial charge in [0, 0.05) is 18.3 Å². The number of hydrogen-bond acceptors (Lipinski definition) is 6. The molecular weight excluding hydrogens is 238 g/mol. The van der Waals surface area contributed by atoms with Crippen molar-refractivity contribution in [2.75, 3.05) is 0 Å². The topological polar surface area (TPSA) is 126 Å². The van der Waals surface area contributed by atoms with E-state index in [0.717, 1.165) is 16.7 Å². The first-order chi connectivity index (χ1) is 4.46. The van der Waals surface area contributed by atoms with Crippen molar-refractivity contribution in [3.05, 3.63) is 0 Å². The van der Waals surface area contributed by atoms with E-state index in [-0.39, 0.29) is 37.7 Å². The molecule has 0 aromatic rings. The van der Waals surface area contributed by atoms with Crippen LogP contribution in [0.1, 0.15) is 0 Å².